The molecule has 1 heterocycles. The van der Waals surface area contributed by atoms with Crippen molar-refractivity contribution >= 4 is 0 Å². The summed E-state index contributed by atoms with van der Waals surface area (Å²) in [5.74, 6) is 1.67. The van der Waals surface area contributed by atoms with Gasteiger partial charge in [-0.05, 0) is 18.8 Å². The Labute approximate surface area is 83.6 Å². The third-order valence-corrected chi connectivity index (χ3v) is 2.57. The summed E-state index contributed by atoms with van der Waals surface area (Å²) in [6.07, 6.45) is 4.30. The zero-order valence-electron chi connectivity index (χ0n) is 8.40. The maximum Gasteiger partial charge on any atom is 0.150 e. The van der Waals surface area contributed by atoms with Crippen molar-refractivity contribution in [2.24, 2.45) is 5.92 Å². The Hall–Kier alpha value is -0.870. The molecule has 1 aromatic rings. The molecular weight excluding hydrogens is 180 g/mol. The van der Waals surface area contributed by atoms with Gasteiger partial charge in [-0.15, -0.1) is 0 Å². The van der Waals surface area contributed by atoms with Gasteiger partial charge in [0.05, 0.1) is 19.3 Å². The van der Waals surface area contributed by atoms with Crippen LogP contribution in [0.3, 0.4) is 0 Å². The highest BCUT2D eigenvalue weighted by molar-refractivity contribution is 4.94. The van der Waals surface area contributed by atoms with E-state index in [1.165, 1.54) is 12.8 Å². The fourth-order valence-corrected chi connectivity index (χ4v) is 1.60. The van der Waals surface area contributed by atoms with Gasteiger partial charge in [0.2, 0.25) is 0 Å². The predicted octanol–water partition coefficient (Wildman–Crippen LogP) is 1.19. The van der Waals surface area contributed by atoms with E-state index in [9.17, 15) is 0 Å². The molecule has 4 nitrogen and oxygen atoms in total. The Bertz CT molecular complexity index is 257. The summed E-state index contributed by atoms with van der Waals surface area (Å²) in [4.78, 5) is 0. The van der Waals surface area contributed by atoms with Crippen LogP contribution in [0.4, 0.5) is 0 Å². The van der Waals surface area contributed by atoms with Gasteiger partial charge >= 0.3 is 0 Å². The quantitative estimate of drug-likeness (QED) is 0.742. The van der Waals surface area contributed by atoms with E-state index in [2.05, 4.69) is 10.5 Å². The number of rotatable bonds is 6. The molecule has 2 rings (SSSR count). The van der Waals surface area contributed by atoms with E-state index in [0.29, 0.717) is 6.04 Å². The molecule has 1 atom stereocenters. The molecule has 78 valence electrons. The van der Waals surface area contributed by atoms with Crippen molar-refractivity contribution in [2.75, 3.05) is 13.7 Å². The van der Waals surface area contributed by atoms with Gasteiger partial charge in [-0.25, -0.2) is 0 Å². The first-order chi connectivity index (χ1) is 6.90. The Morgan fingerprint density at radius 2 is 2.57 bits per heavy atom. The maximum absolute atomic E-state index is 5.17. The minimum atomic E-state index is 0.463. The Morgan fingerprint density at radius 1 is 1.71 bits per heavy atom. The number of hydrogen-bond donors (Lipinski definition) is 1. The maximum atomic E-state index is 5.17. The number of nitrogens with one attached hydrogen (secondary N) is 1. The van der Waals surface area contributed by atoms with E-state index in [4.69, 9.17) is 9.26 Å². The minimum Gasteiger partial charge on any atom is -0.383 e. The highest BCUT2D eigenvalue weighted by atomic mass is 16.5. The largest absolute Gasteiger partial charge is 0.383 e. The second kappa shape index (κ2) is 4.57. The molecule has 0 amide bonds. The lowest BCUT2D eigenvalue weighted by Crippen LogP contribution is -2.34. The van der Waals surface area contributed by atoms with E-state index in [-0.39, 0.29) is 0 Å². The first-order valence-corrected chi connectivity index (χ1v) is 5.02. The molecule has 0 spiro atoms. The Kier molecular flexibility index (Phi) is 3.16. The van der Waals surface area contributed by atoms with Gasteiger partial charge in [0.1, 0.15) is 5.76 Å². The smallest absolute Gasteiger partial charge is 0.150 e. The zero-order valence-corrected chi connectivity index (χ0v) is 8.40. The first kappa shape index (κ1) is 9.68. The van der Waals surface area contributed by atoms with Gasteiger partial charge in [0.25, 0.3) is 0 Å². The normalized spacial score (nSPS) is 18.4. The Morgan fingerprint density at radius 3 is 3.14 bits per heavy atom. The molecular formula is C10H16N2O2. The lowest BCUT2D eigenvalue weighted by molar-refractivity contribution is 0.155. The van der Waals surface area contributed by atoms with E-state index in [1.807, 2.05) is 6.07 Å². The molecule has 1 aromatic heterocycles. The monoisotopic (exact) mass is 196 g/mol. The van der Waals surface area contributed by atoms with Crippen LogP contribution in [0.2, 0.25) is 0 Å². The Balaban J connectivity index is 1.76. The van der Waals surface area contributed by atoms with E-state index < -0.39 is 0 Å². The van der Waals surface area contributed by atoms with E-state index >= 15 is 0 Å². The van der Waals surface area contributed by atoms with E-state index in [0.717, 1.165) is 24.8 Å². The number of ether oxygens (including phenoxy) is 1. The van der Waals surface area contributed by atoms with Crippen LogP contribution >= 0.6 is 0 Å². The minimum absolute atomic E-state index is 0.463. The summed E-state index contributed by atoms with van der Waals surface area (Å²) in [5, 5.41) is 7.09. The van der Waals surface area contributed by atoms with Crippen molar-refractivity contribution in [3.63, 3.8) is 0 Å². The molecule has 14 heavy (non-hydrogen) atoms. The molecule has 0 aromatic carbocycles. The van der Waals surface area contributed by atoms with Gasteiger partial charge in [-0.2, -0.15) is 0 Å². The molecule has 1 aliphatic rings. The lowest BCUT2D eigenvalue weighted by atomic mass is 10.2. The molecule has 1 unspecified atom stereocenters. The molecule has 1 saturated carbocycles. The number of nitrogens with zero attached hydrogens (tertiary/aromatic N) is 1. The van der Waals surface area contributed by atoms with E-state index in [1.54, 1.807) is 13.3 Å². The van der Waals surface area contributed by atoms with Crippen LogP contribution in [0.15, 0.2) is 16.8 Å². The van der Waals surface area contributed by atoms with Crippen molar-refractivity contribution in [2.45, 2.75) is 25.4 Å². The second-order valence-electron chi connectivity index (χ2n) is 3.76. The highest BCUT2D eigenvalue weighted by Gasteiger charge is 2.30. The summed E-state index contributed by atoms with van der Waals surface area (Å²) < 4.78 is 10.2. The summed E-state index contributed by atoms with van der Waals surface area (Å²) >= 11 is 0. The van der Waals surface area contributed by atoms with Gasteiger partial charge in [-0.3, -0.25) is 0 Å². The topological polar surface area (TPSA) is 47.3 Å². The van der Waals surface area contributed by atoms with Crippen LogP contribution < -0.4 is 5.32 Å². The zero-order chi connectivity index (χ0) is 9.80. The number of aromatic nitrogens is 1. The van der Waals surface area contributed by atoms with Crippen LogP contribution in [0, 0.1) is 5.92 Å². The average molecular weight is 196 g/mol. The van der Waals surface area contributed by atoms with Crippen molar-refractivity contribution < 1.29 is 9.26 Å². The van der Waals surface area contributed by atoms with Gasteiger partial charge < -0.3 is 14.6 Å². The summed E-state index contributed by atoms with van der Waals surface area (Å²) in [5.41, 5.74) is 0. The van der Waals surface area contributed by atoms with Crippen LogP contribution in [0.1, 0.15) is 18.6 Å². The van der Waals surface area contributed by atoms with Crippen molar-refractivity contribution in [1.82, 2.24) is 10.5 Å². The highest BCUT2D eigenvalue weighted by Crippen LogP contribution is 2.32. The van der Waals surface area contributed by atoms with Crippen molar-refractivity contribution in [3.05, 3.63) is 18.0 Å². The molecule has 0 bridgehead atoms. The summed E-state index contributed by atoms with van der Waals surface area (Å²) in [7, 11) is 1.74. The van der Waals surface area contributed by atoms with Crippen LogP contribution in [0.25, 0.3) is 0 Å². The van der Waals surface area contributed by atoms with Crippen molar-refractivity contribution in [1.29, 1.82) is 0 Å². The molecule has 1 aliphatic carbocycles. The summed E-state index contributed by atoms with van der Waals surface area (Å²) in [6, 6.07) is 2.34. The average Bonchev–Trinajstić information content (AvgIpc) is 2.90. The van der Waals surface area contributed by atoms with Gasteiger partial charge in [0.15, 0.2) is 0 Å². The van der Waals surface area contributed by atoms with Gasteiger partial charge in [0, 0.05) is 19.2 Å². The van der Waals surface area contributed by atoms with Crippen LogP contribution in [-0.4, -0.2) is 24.9 Å². The standard InChI is InChI=1S/C10H16N2O2/c1-13-7-10(8-2-3-8)11-6-9-4-5-12-14-9/h4-5,8,10-11H,2-3,6-7H2,1H3. The second-order valence-corrected chi connectivity index (χ2v) is 3.76. The van der Waals surface area contributed by atoms with Crippen molar-refractivity contribution in [3.8, 4) is 0 Å². The third kappa shape index (κ3) is 2.56. The predicted molar refractivity (Wildman–Crippen MR) is 51.7 cm³/mol. The van der Waals surface area contributed by atoms with Crippen LogP contribution in [-0.2, 0) is 11.3 Å². The first-order valence-electron chi connectivity index (χ1n) is 5.02. The molecule has 0 radical (unpaired) electrons. The number of methoxy groups -OCH3 is 1. The van der Waals surface area contributed by atoms with Gasteiger partial charge in [-0.1, -0.05) is 5.16 Å². The lowest BCUT2D eigenvalue weighted by Gasteiger charge is -2.15. The molecule has 0 aliphatic heterocycles. The fourth-order valence-electron chi connectivity index (χ4n) is 1.60. The third-order valence-electron chi connectivity index (χ3n) is 2.57. The fraction of sp³-hybridized carbons (Fsp3) is 0.700. The molecule has 1 N–H and O–H groups in total. The summed E-state index contributed by atoms with van der Waals surface area (Å²) in [6.45, 7) is 1.52. The van der Waals surface area contributed by atoms with Crippen LogP contribution in [0.5, 0.6) is 0 Å². The SMILES string of the molecule is COCC(NCc1ccno1)C1CC1. The molecule has 0 saturated heterocycles. The molecule has 4 heteroatoms. The number of hydrogen-bond acceptors (Lipinski definition) is 4. The molecule has 1 fully saturated rings.